The van der Waals surface area contributed by atoms with Gasteiger partial charge >= 0.3 is 0 Å². The molecule has 1 aliphatic rings. The molecule has 1 unspecified atom stereocenters. The van der Waals surface area contributed by atoms with Gasteiger partial charge in [-0.3, -0.25) is 0 Å². The van der Waals surface area contributed by atoms with Crippen LogP contribution in [-0.2, 0) is 4.74 Å². The van der Waals surface area contributed by atoms with Crippen molar-refractivity contribution in [3.05, 3.63) is 71.8 Å². The normalized spacial score (nSPS) is 25.9. The van der Waals surface area contributed by atoms with Gasteiger partial charge in [-0.05, 0) is 28.9 Å². The highest BCUT2D eigenvalue weighted by molar-refractivity contribution is 5.39. The predicted molar refractivity (Wildman–Crippen MR) is 73.7 cm³/mol. The number of rotatable bonds is 4. The van der Waals surface area contributed by atoms with Crippen molar-refractivity contribution in [2.45, 2.75) is 11.8 Å². The average molecular weight is 238 g/mol. The van der Waals surface area contributed by atoms with Crippen LogP contribution in [0.25, 0.3) is 0 Å². The van der Waals surface area contributed by atoms with E-state index in [1.807, 2.05) is 0 Å². The van der Waals surface area contributed by atoms with Gasteiger partial charge in [-0.2, -0.15) is 0 Å². The number of hydrogen-bond donors (Lipinski definition) is 0. The highest BCUT2D eigenvalue weighted by atomic mass is 16.5. The van der Waals surface area contributed by atoms with Gasteiger partial charge < -0.3 is 4.74 Å². The van der Waals surface area contributed by atoms with Crippen molar-refractivity contribution in [3.63, 3.8) is 0 Å². The lowest BCUT2D eigenvalue weighted by atomic mass is 10.0. The quantitative estimate of drug-likeness (QED) is 0.786. The summed E-state index contributed by atoms with van der Waals surface area (Å²) in [4.78, 5) is 0. The molecule has 1 fully saturated rings. The van der Waals surface area contributed by atoms with Gasteiger partial charge in [-0.15, -0.1) is 0 Å². The molecule has 0 radical (unpaired) electrons. The minimum atomic E-state index is 0.619. The summed E-state index contributed by atoms with van der Waals surface area (Å²) in [5.74, 6) is 1.86. The molecule has 1 nitrogen and oxygen atoms in total. The molecule has 0 heterocycles. The number of ether oxygens (including phenoxy) is 1. The first kappa shape index (κ1) is 11.5. The topological polar surface area (TPSA) is 9.23 Å². The Balaban J connectivity index is 1.86. The Bertz CT molecular complexity index is 446. The van der Waals surface area contributed by atoms with Gasteiger partial charge in [-0.1, -0.05) is 60.7 Å². The van der Waals surface area contributed by atoms with E-state index < -0.39 is 0 Å². The monoisotopic (exact) mass is 238 g/mol. The summed E-state index contributed by atoms with van der Waals surface area (Å²) in [7, 11) is 1.79. The fourth-order valence-electron chi connectivity index (χ4n) is 3.03. The molecule has 1 heteroatoms. The molecule has 0 N–H and O–H groups in total. The third kappa shape index (κ3) is 2.06. The lowest BCUT2D eigenvalue weighted by Crippen LogP contribution is -1.93. The van der Waals surface area contributed by atoms with Crippen LogP contribution in [0, 0.1) is 5.92 Å². The van der Waals surface area contributed by atoms with Crippen LogP contribution in [0.1, 0.15) is 23.0 Å². The summed E-state index contributed by atoms with van der Waals surface area (Å²) in [6, 6.07) is 21.6. The minimum Gasteiger partial charge on any atom is -0.384 e. The van der Waals surface area contributed by atoms with Crippen LogP contribution in [0.2, 0.25) is 0 Å². The van der Waals surface area contributed by atoms with Crippen LogP contribution in [0.3, 0.4) is 0 Å². The van der Waals surface area contributed by atoms with Crippen molar-refractivity contribution in [2.75, 3.05) is 13.7 Å². The lowest BCUT2D eigenvalue weighted by Gasteiger charge is -2.00. The third-order valence-corrected chi connectivity index (χ3v) is 3.90. The van der Waals surface area contributed by atoms with Gasteiger partial charge in [0.1, 0.15) is 0 Å². The largest absolute Gasteiger partial charge is 0.384 e. The molecule has 0 spiro atoms. The molecule has 1 saturated carbocycles. The molecular weight excluding hydrogens is 220 g/mol. The van der Waals surface area contributed by atoms with Gasteiger partial charge in [0.05, 0.1) is 6.61 Å². The summed E-state index contributed by atoms with van der Waals surface area (Å²) in [6.07, 6.45) is 0. The summed E-state index contributed by atoms with van der Waals surface area (Å²) in [5.41, 5.74) is 2.88. The van der Waals surface area contributed by atoms with Gasteiger partial charge in [-0.25, -0.2) is 0 Å². The highest BCUT2D eigenvalue weighted by Crippen LogP contribution is 2.60. The second kappa shape index (κ2) is 4.95. The molecule has 18 heavy (non-hydrogen) atoms. The van der Waals surface area contributed by atoms with E-state index in [4.69, 9.17) is 4.74 Å². The third-order valence-electron chi connectivity index (χ3n) is 3.90. The first-order valence-corrected chi connectivity index (χ1v) is 6.50. The van der Waals surface area contributed by atoms with E-state index in [2.05, 4.69) is 60.7 Å². The maximum Gasteiger partial charge on any atom is 0.0502 e. The number of hydrogen-bond acceptors (Lipinski definition) is 1. The van der Waals surface area contributed by atoms with E-state index in [0.717, 1.165) is 6.61 Å². The molecule has 0 aromatic heterocycles. The number of methoxy groups -OCH3 is 1. The summed E-state index contributed by atoms with van der Waals surface area (Å²) in [6.45, 7) is 0.846. The van der Waals surface area contributed by atoms with Crippen LogP contribution in [0.5, 0.6) is 0 Å². The molecule has 0 bridgehead atoms. The molecule has 3 atom stereocenters. The van der Waals surface area contributed by atoms with Gasteiger partial charge in [0.25, 0.3) is 0 Å². The van der Waals surface area contributed by atoms with Crippen LogP contribution in [0.4, 0.5) is 0 Å². The maximum absolute atomic E-state index is 5.37. The SMILES string of the molecule is COCC1[C@@H](c2ccccc2)[C@H]1c1ccccc1. The van der Waals surface area contributed by atoms with Crippen LogP contribution < -0.4 is 0 Å². The van der Waals surface area contributed by atoms with Crippen LogP contribution in [0.15, 0.2) is 60.7 Å². The van der Waals surface area contributed by atoms with Crippen molar-refractivity contribution in [1.82, 2.24) is 0 Å². The van der Waals surface area contributed by atoms with Gasteiger partial charge in [0, 0.05) is 7.11 Å². The zero-order valence-corrected chi connectivity index (χ0v) is 10.6. The summed E-state index contributed by atoms with van der Waals surface area (Å²) < 4.78 is 5.37. The van der Waals surface area contributed by atoms with E-state index >= 15 is 0 Å². The number of benzene rings is 2. The molecule has 0 saturated heterocycles. The van der Waals surface area contributed by atoms with E-state index in [-0.39, 0.29) is 0 Å². The Hall–Kier alpha value is -1.60. The maximum atomic E-state index is 5.37. The average Bonchev–Trinajstić information content (AvgIpc) is 3.15. The Morgan fingerprint density at radius 1 is 0.778 bits per heavy atom. The van der Waals surface area contributed by atoms with E-state index in [0.29, 0.717) is 17.8 Å². The summed E-state index contributed by atoms with van der Waals surface area (Å²) in [5, 5.41) is 0. The second-order valence-electron chi connectivity index (χ2n) is 4.99. The Morgan fingerprint density at radius 2 is 1.22 bits per heavy atom. The zero-order chi connectivity index (χ0) is 12.4. The fourth-order valence-corrected chi connectivity index (χ4v) is 3.03. The van der Waals surface area contributed by atoms with Crippen molar-refractivity contribution >= 4 is 0 Å². The van der Waals surface area contributed by atoms with Gasteiger partial charge in [0.15, 0.2) is 0 Å². The van der Waals surface area contributed by atoms with Gasteiger partial charge in [0.2, 0.25) is 0 Å². The molecule has 1 aliphatic carbocycles. The Kier molecular flexibility index (Phi) is 3.16. The van der Waals surface area contributed by atoms with Crippen molar-refractivity contribution < 1.29 is 4.74 Å². The first-order chi connectivity index (χ1) is 8.92. The van der Waals surface area contributed by atoms with E-state index in [9.17, 15) is 0 Å². The highest BCUT2D eigenvalue weighted by Gasteiger charge is 2.51. The van der Waals surface area contributed by atoms with Crippen LogP contribution >= 0.6 is 0 Å². The molecule has 2 aromatic rings. The smallest absolute Gasteiger partial charge is 0.0502 e. The first-order valence-electron chi connectivity index (χ1n) is 6.50. The molecule has 92 valence electrons. The molecular formula is C17H18O. The lowest BCUT2D eigenvalue weighted by molar-refractivity contribution is 0.182. The van der Waals surface area contributed by atoms with E-state index in [1.165, 1.54) is 11.1 Å². The standard InChI is InChI=1S/C17H18O/c1-18-12-15-16(13-8-4-2-5-9-13)17(15)14-10-6-3-7-11-14/h2-11,15-17H,12H2,1H3/t15?,16-,17+. The van der Waals surface area contributed by atoms with Crippen molar-refractivity contribution in [1.29, 1.82) is 0 Å². The van der Waals surface area contributed by atoms with Crippen molar-refractivity contribution in [2.24, 2.45) is 5.92 Å². The fraction of sp³-hybridized carbons (Fsp3) is 0.294. The van der Waals surface area contributed by atoms with Crippen LogP contribution in [-0.4, -0.2) is 13.7 Å². The molecule has 0 amide bonds. The van der Waals surface area contributed by atoms with E-state index in [1.54, 1.807) is 7.11 Å². The minimum absolute atomic E-state index is 0.619. The van der Waals surface area contributed by atoms with Crippen molar-refractivity contribution in [3.8, 4) is 0 Å². The zero-order valence-electron chi connectivity index (χ0n) is 10.6. The predicted octanol–water partition coefficient (Wildman–Crippen LogP) is 3.83. The summed E-state index contributed by atoms with van der Waals surface area (Å²) >= 11 is 0. The second-order valence-corrected chi connectivity index (χ2v) is 4.99. The Morgan fingerprint density at radius 3 is 1.61 bits per heavy atom. The Labute approximate surface area is 108 Å². The molecule has 2 aromatic carbocycles. The molecule has 0 aliphatic heterocycles. The molecule has 3 rings (SSSR count).